The summed E-state index contributed by atoms with van der Waals surface area (Å²) in [5, 5.41) is 6.59. The molecule has 6 nitrogen and oxygen atoms in total. The van der Waals surface area contributed by atoms with Gasteiger partial charge in [0, 0.05) is 18.6 Å². The Balaban J connectivity index is 2.32. The highest BCUT2D eigenvalue weighted by Gasteiger charge is 2.39. The summed E-state index contributed by atoms with van der Waals surface area (Å²) in [6.07, 6.45) is -2.51. The smallest absolute Gasteiger partial charge is 0.357 e. The molecule has 2 aromatic carbocycles. The minimum Gasteiger partial charge on any atom is -0.357 e. The van der Waals surface area contributed by atoms with Crippen LogP contribution in [0.5, 0.6) is 0 Å². The molecule has 3 amide bonds. The van der Waals surface area contributed by atoms with Crippen LogP contribution in [0.4, 0.5) is 13.2 Å². The lowest BCUT2D eigenvalue weighted by atomic mass is 9.97. The maximum Gasteiger partial charge on any atom is 0.399 e. The molecule has 0 aliphatic heterocycles. The molecular weight excluding hydrogens is 598 g/mol. The molecule has 1 atom stereocenters. The summed E-state index contributed by atoms with van der Waals surface area (Å²) >= 11 is 20.8. The Kier molecular flexibility index (Phi) is 10.0. The Morgan fingerprint density at radius 1 is 0.971 bits per heavy atom. The van der Waals surface area contributed by atoms with E-state index in [1.54, 1.807) is 0 Å². The molecule has 0 heterocycles. The SMILES string of the molecule is CNC(=O)C(NC(=O)c1ccc(/C=C/C(c2cc(Cl)c(Cl)c(Cl)c2)C(F)(F)F)cc1Br)C(=O)NC. The highest BCUT2D eigenvalue weighted by Crippen LogP contribution is 2.41. The zero-order valence-corrected chi connectivity index (χ0v) is 21.9. The van der Waals surface area contributed by atoms with Crippen LogP contribution in [0.1, 0.15) is 27.4 Å². The Morgan fingerprint density at radius 3 is 1.97 bits per heavy atom. The lowest BCUT2D eigenvalue weighted by Gasteiger charge is -2.18. The molecule has 0 radical (unpaired) electrons. The van der Waals surface area contributed by atoms with Gasteiger partial charge in [-0.1, -0.05) is 53.0 Å². The van der Waals surface area contributed by atoms with E-state index in [-0.39, 0.29) is 30.7 Å². The van der Waals surface area contributed by atoms with E-state index < -0.39 is 35.9 Å². The summed E-state index contributed by atoms with van der Waals surface area (Å²) in [6, 6.07) is 4.86. The topological polar surface area (TPSA) is 87.3 Å². The first-order valence-corrected chi connectivity index (χ1v) is 11.7. The number of amides is 3. The van der Waals surface area contributed by atoms with Crippen LogP contribution >= 0.6 is 50.7 Å². The molecular formula is C22H18BrCl3F3N3O3. The van der Waals surface area contributed by atoms with Crippen molar-refractivity contribution in [1.29, 1.82) is 0 Å². The minimum absolute atomic E-state index is 0.0464. The molecule has 0 aliphatic carbocycles. The third-order valence-electron chi connectivity index (χ3n) is 4.73. The molecule has 0 fully saturated rings. The Morgan fingerprint density at radius 2 is 1.51 bits per heavy atom. The Labute approximate surface area is 222 Å². The number of hydrogen-bond donors (Lipinski definition) is 3. The summed E-state index contributed by atoms with van der Waals surface area (Å²) in [5.74, 6) is -4.23. The number of rotatable bonds is 7. The molecule has 0 aromatic heterocycles. The molecule has 0 saturated carbocycles. The largest absolute Gasteiger partial charge is 0.399 e. The van der Waals surface area contributed by atoms with E-state index in [2.05, 4.69) is 31.9 Å². The van der Waals surface area contributed by atoms with Crippen LogP contribution in [0.3, 0.4) is 0 Å². The number of likely N-dealkylation sites (N-methyl/N-ethyl adjacent to an activating group) is 2. The van der Waals surface area contributed by atoms with E-state index in [9.17, 15) is 27.6 Å². The number of hydrogen-bond acceptors (Lipinski definition) is 3. The number of benzene rings is 2. The van der Waals surface area contributed by atoms with Crippen molar-refractivity contribution in [3.63, 3.8) is 0 Å². The van der Waals surface area contributed by atoms with Gasteiger partial charge in [0.05, 0.1) is 26.5 Å². The third kappa shape index (κ3) is 7.36. The zero-order valence-electron chi connectivity index (χ0n) is 18.1. The quantitative estimate of drug-likeness (QED) is 0.290. The predicted octanol–water partition coefficient (Wildman–Crippen LogP) is 5.36. The maximum atomic E-state index is 13.7. The van der Waals surface area contributed by atoms with Crippen LogP contribution in [0.15, 0.2) is 40.9 Å². The van der Waals surface area contributed by atoms with Crippen molar-refractivity contribution in [2.24, 2.45) is 0 Å². The van der Waals surface area contributed by atoms with E-state index in [1.165, 1.54) is 38.4 Å². The number of alkyl halides is 3. The van der Waals surface area contributed by atoms with Gasteiger partial charge >= 0.3 is 6.18 Å². The number of halogens is 7. The molecule has 0 saturated heterocycles. The van der Waals surface area contributed by atoms with E-state index >= 15 is 0 Å². The summed E-state index contributed by atoms with van der Waals surface area (Å²) in [5.41, 5.74) is 0.198. The minimum atomic E-state index is -4.65. The first-order valence-electron chi connectivity index (χ1n) is 9.73. The van der Waals surface area contributed by atoms with E-state index in [1.807, 2.05) is 0 Å². The second kappa shape index (κ2) is 12.1. The fraction of sp³-hybridized carbons (Fsp3) is 0.227. The van der Waals surface area contributed by atoms with Gasteiger partial charge in [-0.15, -0.1) is 0 Å². The number of allylic oxidation sites excluding steroid dienone is 1. The van der Waals surface area contributed by atoms with Crippen LogP contribution in [-0.4, -0.2) is 44.0 Å². The zero-order chi connectivity index (χ0) is 26.5. The van der Waals surface area contributed by atoms with Gasteiger partial charge in [0.25, 0.3) is 17.7 Å². The highest BCUT2D eigenvalue weighted by atomic mass is 79.9. The standard InChI is InChI=1S/C22H18BrCl3F3N3O3/c1-30-20(34)18(21(35)31-2)32-19(33)12-5-3-10(7-14(12)23)4-6-13(22(27,28)29)11-8-15(24)17(26)16(25)9-11/h3-9,13,18H,1-2H3,(H,30,34)(H,31,35)(H,32,33)/b6-4+. The van der Waals surface area contributed by atoms with Gasteiger partial charge in [-0.05, 0) is 51.3 Å². The number of nitrogens with one attached hydrogen (secondary N) is 3. The highest BCUT2D eigenvalue weighted by molar-refractivity contribution is 9.10. The van der Waals surface area contributed by atoms with Gasteiger partial charge in [0.15, 0.2) is 6.04 Å². The monoisotopic (exact) mass is 613 g/mol. The van der Waals surface area contributed by atoms with Crippen LogP contribution in [-0.2, 0) is 9.59 Å². The molecule has 2 aromatic rings. The Hall–Kier alpha value is -2.27. The van der Waals surface area contributed by atoms with E-state index in [0.29, 0.717) is 5.56 Å². The van der Waals surface area contributed by atoms with Crippen LogP contribution in [0, 0.1) is 0 Å². The van der Waals surface area contributed by atoms with Gasteiger partial charge in [0.2, 0.25) is 0 Å². The van der Waals surface area contributed by atoms with Crippen LogP contribution in [0.25, 0.3) is 6.08 Å². The van der Waals surface area contributed by atoms with Crippen molar-refractivity contribution in [2.75, 3.05) is 14.1 Å². The summed E-state index contributed by atoms with van der Waals surface area (Å²) in [7, 11) is 2.61. The number of carbonyl (C=O) groups is 3. The van der Waals surface area contributed by atoms with Gasteiger partial charge in [0.1, 0.15) is 0 Å². The van der Waals surface area contributed by atoms with E-state index in [4.69, 9.17) is 34.8 Å². The molecule has 35 heavy (non-hydrogen) atoms. The van der Waals surface area contributed by atoms with Gasteiger partial charge in [-0.25, -0.2) is 0 Å². The molecule has 1 unspecified atom stereocenters. The lowest BCUT2D eigenvalue weighted by Crippen LogP contribution is -2.54. The first kappa shape index (κ1) is 29.0. The van der Waals surface area contributed by atoms with Gasteiger partial charge in [-0.2, -0.15) is 13.2 Å². The molecule has 0 bridgehead atoms. The normalized spacial score (nSPS) is 12.5. The van der Waals surface area contributed by atoms with Crippen molar-refractivity contribution >= 4 is 74.5 Å². The second-order valence-electron chi connectivity index (χ2n) is 7.05. The van der Waals surface area contributed by atoms with Gasteiger partial charge < -0.3 is 16.0 Å². The van der Waals surface area contributed by atoms with Crippen molar-refractivity contribution in [3.8, 4) is 0 Å². The fourth-order valence-corrected chi connectivity index (χ4v) is 4.13. The van der Waals surface area contributed by atoms with Gasteiger partial charge in [-0.3, -0.25) is 14.4 Å². The van der Waals surface area contributed by atoms with Crippen molar-refractivity contribution in [2.45, 2.75) is 18.1 Å². The van der Waals surface area contributed by atoms with Crippen molar-refractivity contribution in [3.05, 3.63) is 72.6 Å². The van der Waals surface area contributed by atoms with E-state index in [0.717, 1.165) is 18.2 Å². The molecule has 0 aliphatic rings. The Bertz CT molecular complexity index is 1140. The summed E-state index contributed by atoms with van der Waals surface area (Å²) in [6.45, 7) is 0. The molecule has 2 rings (SSSR count). The summed E-state index contributed by atoms with van der Waals surface area (Å²) in [4.78, 5) is 36.4. The average molecular weight is 616 g/mol. The first-order chi connectivity index (χ1) is 16.3. The summed E-state index contributed by atoms with van der Waals surface area (Å²) < 4.78 is 41.4. The molecule has 3 N–H and O–H groups in total. The second-order valence-corrected chi connectivity index (χ2v) is 9.10. The van der Waals surface area contributed by atoms with Crippen LogP contribution < -0.4 is 16.0 Å². The predicted molar refractivity (Wildman–Crippen MR) is 133 cm³/mol. The fourth-order valence-electron chi connectivity index (χ4n) is 2.94. The lowest BCUT2D eigenvalue weighted by molar-refractivity contribution is -0.139. The molecule has 13 heteroatoms. The maximum absolute atomic E-state index is 13.7. The molecule has 0 spiro atoms. The third-order valence-corrected chi connectivity index (χ3v) is 6.58. The van der Waals surface area contributed by atoms with Crippen molar-refractivity contribution < 1.29 is 27.6 Å². The number of carbonyl (C=O) groups excluding carboxylic acids is 3. The van der Waals surface area contributed by atoms with Crippen LogP contribution in [0.2, 0.25) is 15.1 Å². The van der Waals surface area contributed by atoms with Crippen molar-refractivity contribution in [1.82, 2.24) is 16.0 Å². The average Bonchev–Trinajstić information content (AvgIpc) is 2.79. The molecule has 188 valence electrons.